The van der Waals surface area contributed by atoms with Crippen LogP contribution in [0.1, 0.15) is 0 Å². The highest BCUT2D eigenvalue weighted by atomic mass is 16.3. The number of rotatable bonds is 5. The van der Waals surface area contributed by atoms with E-state index in [4.69, 9.17) is 19.4 Å². The van der Waals surface area contributed by atoms with Gasteiger partial charge >= 0.3 is 0 Å². The van der Waals surface area contributed by atoms with Gasteiger partial charge in [0.25, 0.3) is 0 Å². The van der Waals surface area contributed by atoms with Gasteiger partial charge in [-0.05, 0) is 80.2 Å². The molecule has 4 nitrogen and oxygen atoms in total. The van der Waals surface area contributed by atoms with E-state index in [1.165, 1.54) is 10.8 Å². The van der Waals surface area contributed by atoms with Gasteiger partial charge in [-0.3, -0.25) is 0 Å². The largest absolute Gasteiger partial charge is 0.456 e. The molecule has 0 saturated heterocycles. The molecule has 10 aromatic rings. The molecule has 0 atom stereocenters. The van der Waals surface area contributed by atoms with Crippen LogP contribution in [-0.2, 0) is 0 Å². The first-order chi connectivity index (χ1) is 25.2. The summed E-state index contributed by atoms with van der Waals surface area (Å²) in [5.41, 5.74) is 9.00. The van der Waals surface area contributed by atoms with Crippen LogP contribution in [0.4, 0.5) is 0 Å². The van der Waals surface area contributed by atoms with Crippen LogP contribution in [0.5, 0.6) is 0 Å². The molecule has 0 amide bonds. The molecule has 0 bridgehead atoms. The Morgan fingerprint density at radius 2 is 0.765 bits per heavy atom. The van der Waals surface area contributed by atoms with Crippen LogP contribution in [-0.4, -0.2) is 15.0 Å². The minimum Gasteiger partial charge on any atom is -0.456 e. The van der Waals surface area contributed by atoms with Crippen LogP contribution in [0, 0.1) is 0 Å². The van der Waals surface area contributed by atoms with Crippen molar-refractivity contribution in [3.63, 3.8) is 0 Å². The number of hydrogen-bond donors (Lipinski definition) is 0. The third-order valence-corrected chi connectivity index (χ3v) is 9.69. The third kappa shape index (κ3) is 5.22. The van der Waals surface area contributed by atoms with Crippen molar-refractivity contribution in [3.05, 3.63) is 176 Å². The summed E-state index contributed by atoms with van der Waals surface area (Å²) in [5.74, 6) is 1.92. The molecule has 0 aliphatic heterocycles. The molecule has 0 N–H and O–H groups in total. The monoisotopic (exact) mass is 651 g/mol. The van der Waals surface area contributed by atoms with E-state index in [2.05, 4.69) is 115 Å². The summed E-state index contributed by atoms with van der Waals surface area (Å²) in [5, 5.41) is 6.94. The van der Waals surface area contributed by atoms with Crippen LogP contribution in [0.15, 0.2) is 180 Å². The fourth-order valence-corrected chi connectivity index (χ4v) is 7.08. The standard InChI is InChI=1S/C47H29N3O/c1-3-11-32(12-4-1)45-48-46(33-13-5-2-6-14-33)50-47(49-45)42-27-36-17-8-7-15-34(36)25-40(42)31-21-19-30(20-22-31)38-23-24-39-41-26-35-16-9-10-18-37(35)28-44(41)51-43(39)29-38/h1-29H. The highest BCUT2D eigenvalue weighted by Crippen LogP contribution is 2.38. The van der Waals surface area contributed by atoms with Crippen molar-refractivity contribution in [1.82, 2.24) is 15.0 Å². The number of furan rings is 1. The van der Waals surface area contributed by atoms with E-state index in [1.807, 2.05) is 60.7 Å². The predicted octanol–water partition coefficient (Wildman–Crippen LogP) is 12.4. The summed E-state index contributed by atoms with van der Waals surface area (Å²) in [6.45, 7) is 0. The molecule has 2 aromatic heterocycles. The summed E-state index contributed by atoms with van der Waals surface area (Å²) >= 11 is 0. The summed E-state index contributed by atoms with van der Waals surface area (Å²) in [7, 11) is 0. The number of benzene rings is 8. The predicted molar refractivity (Wildman–Crippen MR) is 209 cm³/mol. The zero-order chi connectivity index (χ0) is 33.7. The lowest BCUT2D eigenvalue weighted by molar-refractivity contribution is 0.669. The molecule has 0 aliphatic rings. The minimum absolute atomic E-state index is 0.635. The molecule has 10 rings (SSSR count). The first kappa shape index (κ1) is 29.0. The number of aromatic nitrogens is 3. The normalized spacial score (nSPS) is 11.5. The lowest BCUT2D eigenvalue weighted by Gasteiger charge is -2.14. The maximum absolute atomic E-state index is 6.39. The van der Waals surface area contributed by atoms with E-state index in [0.717, 1.165) is 71.7 Å². The lowest BCUT2D eigenvalue weighted by atomic mass is 9.93. The van der Waals surface area contributed by atoms with Crippen molar-refractivity contribution in [2.75, 3.05) is 0 Å². The maximum Gasteiger partial charge on any atom is 0.164 e. The van der Waals surface area contributed by atoms with Gasteiger partial charge in [0.05, 0.1) is 0 Å². The van der Waals surface area contributed by atoms with Gasteiger partial charge in [-0.25, -0.2) is 15.0 Å². The molecule has 238 valence electrons. The summed E-state index contributed by atoms with van der Waals surface area (Å²) in [6, 6.07) is 61.2. The smallest absolute Gasteiger partial charge is 0.164 e. The van der Waals surface area contributed by atoms with Crippen LogP contribution in [0.2, 0.25) is 0 Å². The van der Waals surface area contributed by atoms with E-state index in [0.29, 0.717) is 17.5 Å². The van der Waals surface area contributed by atoms with Gasteiger partial charge in [0.15, 0.2) is 17.5 Å². The van der Waals surface area contributed by atoms with Crippen molar-refractivity contribution in [3.8, 4) is 56.4 Å². The summed E-state index contributed by atoms with van der Waals surface area (Å²) in [4.78, 5) is 15.1. The van der Waals surface area contributed by atoms with Crippen molar-refractivity contribution in [1.29, 1.82) is 0 Å². The third-order valence-electron chi connectivity index (χ3n) is 9.69. The first-order valence-electron chi connectivity index (χ1n) is 17.1. The first-order valence-corrected chi connectivity index (χ1v) is 17.1. The van der Waals surface area contributed by atoms with Crippen LogP contribution in [0.3, 0.4) is 0 Å². The van der Waals surface area contributed by atoms with Crippen molar-refractivity contribution < 1.29 is 4.42 Å². The fraction of sp³-hybridized carbons (Fsp3) is 0. The molecule has 0 radical (unpaired) electrons. The molecule has 8 aromatic carbocycles. The highest BCUT2D eigenvalue weighted by Gasteiger charge is 2.17. The van der Waals surface area contributed by atoms with Crippen molar-refractivity contribution in [2.24, 2.45) is 0 Å². The molecule has 2 heterocycles. The van der Waals surface area contributed by atoms with E-state index in [-0.39, 0.29) is 0 Å². The van der Waals surface area contributed by atoms with Gasteiger partial charge in [-0.15, -0.1) is 0 Å². The van der Waals surface area contributed by atoms with Gasteiger partial charge in [-0.1, -0.05) is 140 Å². The average Bonchev–Trinajstić information content (AvgIpc) is 3.56. The zero-order valence-electron chi connectivity index (χ0n) is 27.5. The maximum atomic E-state index is 6.39. The Kier molecular flexibility index (Phi) is 6.78. The van der Waals surface area contributed by atoms with Crippen molar-refractivity contribution in [2.45, 2.75) is 0 Å². The Morgan fingerprint density at radius 1 is 0.294 bits per heavy atom. The number of nitrogens with zero attached hydrogens (tertiary/aromatic N) is 3. The molecule has 0 aliphatic carbocycles. The zero-order valence-corrected chi connectivity index (χ0v) is 27.5. The molecule has 0 unspecified atom stereocenters. The van der Waals surface area contributed by atoms with Gasteiger partial charge in [0.2, 0.25) is 0 Å². The van der Waals surface area contributed by atoms with Gasteiger partial charge in [0.1, 0.15) is 11.2 Å². The lowest BCUT2D eigenvalue weighted by Crippen LogP contribution is -2.01. The highest BCUT2D eigenvalue weighted by molar-refractivity contribution is 6.10. The Hall–Kier alpha value is -6.91. The summed E-state index contributed by atoms with van der Waals surface area (Å²) in [6.07, 6.45) is 0. The van der Waals surface area contributed by atoms with Crippen LogP contribution < -0.4 is 0 Å². The molecule has 51 heavy (non-hydrogen) atoms. The second-order valence-electron chi connectivity index (χ2n) is 12.9. The van der Waals surface area contributed by atoms with Crippen LogP contribution >= 0.6 is 0 Å². The van der Waals surface area contributed by atoms with Gasteiger partial charge < -0.3 is 4.42 Å². The van der Waals surface area contributed by atoms with E-state index in [1.54, 1.807) is 0 Å². The van der Waals surface area contributed by atoms with Gasteiger partial charge in [0, 0.05) is 27.5 Å². The average molecular weight is 652 g/mol. The van der Waals surface area contributed by atoms with Gasteiger partial charge in [-0.2, -0.15) is 0 Å². The molecular weight excluding hydrogens is 623 g/mol. The van der Waals surface area contributed by atoms with E-state index < -0.39 is 0 Å². The van der Waals surface area contributed by atoms with E-state index in [9.17, 15) is 0 Å². The number of hydrogen-bond acceptors (Lipinski definition) is 4. The molecule has 0 saturated carbocycles. The quantitative estimate of drug-likeness (QED) is 0.186. The fourth-order valence-electron chi connectivity index (χ4n) is 7.08. The Labute approximate surface area is 294 Å². The minimum atomic E-state index is 0.635. The van der Waals surface area contributed by atoms with Crippen LogP contribution in [0.25, 0.3) is 99.9 Å². The second kappa shape index (κ2) is 11.9. The molecule has 0 fully saturated rings. The Morgan fingerprint density at radius 3 is 1.39 bits per heavy atom. The molecular formula is C47H29N3O. The second-order valence-corrected chi connectivity index (χ2v) is 12.9. The topological polar surface area (TPSA) is 51.8 Å². The molecule has 0 spiro atoms. The Balaban J connectivity index is 1.09. The SMILES string of the molecule is c1ccc(-c2nc(-c3ccccc3)nc(-c3cc4ccccc4cc3-c3ccc(-c4ccc5c(c4)oc4cc6ccccc6cc45)cc3)n2)cc1. The number of fused-ring (bicyclic) bond motifs is 5. The van der Waals surface area contributed by atoms with E-state index >= 15 is 0 Å². The summed E-state index contributed by atoms with van der Waals surface area (Å²) < 4.78 is 6.39. The van der Waals surface area contributed by atoms with Crippen molar-refractivity contribution >= 4 is 43.5 Å². The Bertz CT molecular complexity index is 2840. The molecule has 4 heteroatoms.